The second-order valence-corrected chi connectivity index (χ2v) is 4.19. The highest BCUT2D eigenvalue weighted by Gasteiger charge is 2.41. The number of hydrogen-bond donors (Lipinski definition) is 1. The number of aliphatic hydroxyl groups excluding tert-OH is 1. The molecule has 0 saturated carbocycles. The molecule has 2 nitrogen and oxygen atoms in total. The van der Waals surface area contributed by atoms with Crippen LogP contribution in [0.25, 0.3) is 0 Å². The van der Waals surface area contributed by atoms with Gasteiger partial charge in [0.05, 0.1) is 6.10 Å². The first kappa shape index (κ1) is 8.82. The molecule has 0 bridgehead atoms. The first-order chi connectivity index (χ1) is 6.18. The molecule has 1 aliphatic carbocycles. The number of likely N-dealkylation sites (tertiary alicyclic amines) is 1. The van der Waals surface area contributed by atoms with Gasteiger partial charge in [0.15, 0.2) is 0 Å². The molecule has 1 heterocycles. The fourth-order valence-electron chi connectivity index (χ4n) is 2.52. The van der Waals surface area contributed by atoms with E-state index in [9.17, 15) is 5.11 Å². The van der Waals surface area contributed by atoms with Crippen molar-refractivity contribution in [2.24, 2.45) is 5.41 Å². The molecule has 72 valence electrons. The van der Waals surface area contributed by atoms with Crippen LogP contribution >= 0.6 is 0 Å². The number of fused-ring (bicyclic) bond motifs is 1. The maximum atomic E-state index is 9.55. The Hall–Kier alpha value is -0.760. The van der Waals surface area contributed by atoms with Crippen molar-refractivity contribution in [2.45, 2.75) is 25.4 Å². The molecule has 0 aromatic heterocycles. The zero-order valence-electron chi connectivity index (χ0n) is 8.16. The highest BCUT2D eigenvalue weighted by atomic mass is 16.3. The predicted molar refractivity (Wildman–Crippen MR) is 53.2 cm³/mol. The lowest BCUT2D eigenvalue weighted by Crippen LogP contribution is -2.28. The molecule has 13 heavy (non-hydrogen) atoms. The summed E-state index contributed by atoms with van der Waals surface area (Å²) >= 11 is 0. The SMILES string of the molecule is C=C[C@@]12CC[C@H](O)C=C1N(C)CC2. The zero-order valence-corrected chi connectivity index (χ0v) is 8.16. The van der Waals surface area contributed by atoms with Crippen LogP contribution in [0.1, 0.15) is 19.3 Å². The third-order valence-corrected chi connectivity index (χ3v) is 3.44. The third-order valence-electron chi connectivity index (χ3n) is 3.44. The Kier molecular flexibility index (Phi) is 1.95. The first-order valence-corrected chi connectivity index (χ1v) is 4.93. The van der Waals surface area contributed by atoms with Gasteiger partial charge in [-0.2, -0.15) is 0 Å². The van der Waals surface area contributed by atoms with E-state index in [1.807, 2.05) is 6.08 Å². The van der Waals surface area contributed by atoms with Gasteiger partial charge in [0.1, 0.15) is 0 Å². The van der Waals surface area contributed by atoms with E-state index < -0.39 is 0 Å². The standard InChI is InChI=1S/C11H17NO/c1-3-11-5-4-9(13)8-10(11)12(2)7-6-11/h3,8-9,13H,1,4-7H2,2H3/t9-,11-/m0/s1. The van der Waals surface area contributed by atoms with Gasteiger partial charge in [-0.1, -0.05) is 6.08 Å². The lowest BCUT2D eigenvalue weighted by atomic mass is 9.75. The summed E-state index contributed by atoms with van der Waals surface area (Å²) < 4.78 is 0. The second kappa shape index (κ2) is 2.88. The fourth-order valence-corrected chi connectivity index (χ4v) is 2.52. The number of hydrogen-bond acceptors (Lipinski definition) is 2. The Morgan fingerprint density at radius 1 is 1.69 bits per heavy atom. The summed E-state index contributed by atoms with van der Waals surface area (Å²) in [6, 6.07) is 0. The van der Waals surface area contributed by atoms with E-state index in [1.54, 1.807) is 0 Å². The molecule has 1 fully saturated rings. The highest BCUT2D eigenvalue weighted by Crippen LogP contribution is 2.47. The van der Waals surface area contributed by atoms with Gasteiger partial charge in [0.2, 0.25) is 0 Å². The molecular weight excluding hydrogens is 162 g/mol. The predicted octanol–water partition coefficient (Wildman–Crippen LogP) is 1.53. The van der Waals surface area contributed by atoms with Crippen molar-refractivity contribution in [3.8, 4) is 0 Å². The smallest absolute Gasteiger partial charge is 0.0741 e. The molecule has 0 aromatic carbocycles. The van der Waals surface area contributed by atoms with Gasteiger partial charge >= 0.3 is 0 Å². The number of nitrogens with zero attached hydrogens (tertiary/aromatic N) is 1. The molecule has 2 aliphatic rings. The van der Waals surface area contributed by atoms with E-state index in [1.165, 1.54) is 5.70 Å². The zero-order chi connectivity index (χ0) is 9.47. The summed E-state index contributed by atoms with van der Waals surface area (Å²) in [7, 11) is 2.09. The van der Waals surface area contributed by atoms with Crippen LogP contribution in [0.2, 0.25) is 0 Å². The van der Waals surface area contributed by atoms with Gasteiger partial charge in [-0.3, -0.25) is 0 Å². The van der Waals surface area contributed by atoms with Crippen LogP contribution in [-0.4, -0.2) is 29.7 Å². The van der Waals surface area contributed by atoms with Crippen molar-refractivity contribution < 1.29 is 5.11 Å². The highest BCUT2D eigenvalue weighted by molar-refractivity contribution is 5.27. The molecule has 1 saturated heterocycles. The summed E-state index contributed by atoms with van der Waals surface area (Å²) in [4.78, 5) is 2.24. The Morgan fingerprint density at radius 2 is 2.46 bits per heavy atom. The van der Waals surface area contributed by atoms with Crippen molar-refractivity contribution in [3.63, 3.8) is 0 Å². The average molecular weight is 179 g/mol. The molecule has 1 aliphatic heterocycles. The summed E-state index contributed by atoms with van der Waals surface area (Å²) in [5.41, 5.74) is 1.45. The van der Waals surface area contributed by atoms with E-state index in [2.05, 4.69) is 24.6 Å². The minimum Gasteiger partial charge on any atom is -0.389 e. The van der Waals surface area contributed by atoms with Crippen LogP contribution in [0.5, 0.6) is 0 Å². The molecule has 2 rings (SSSR count). The van der Waals surface area contributed by atoms with Gasteiger partial charge < -0.3 is 10.0 Å². The van der Waals surface area contributed by atoms with E-state index in [0.29, 0.717) is 0 Å². The molecule has 0 spiro atoms. The normalized spacial score (nSPS) is 38.5. The minimum absolute atomic E-state index is 0.175. The quantitative estimate of drug-likeness (QED) is 0.617. The fraction of sp³-hybridized carbons (Fsp3) is 0.636. The lowest BCUT2D eigenvalue weighted by molar-refractivity contribution is 0.175. The van der Waals surface area contributed by atoms with E-state index >= 15 is 0 Å². The molecule has 2 heteroatoms. The summed E-state index contributed by atoms with van der Waals surface area (Å²) in [6.45, 7) is 5.02. The Bertz CT molecular complexity index is 259. The second-order valence-electron chi connectivity index (χ2n) is 4.19. The van der Waals surface area contributed by atoms with Crippen molar-refractivity contribution in [1.82, 2.24) is 4.90 Å². The van der Waals surface area contributed by atoms with Crippen molar-refractivity contribution in [1.29, 1.82) is 0 Å². The topological polar surface area (TPSA) is 23.5 Å². The molecule has 0 unspecified atom stereocenters. The Morgan fingerprint density at radius 3 is 3.15 bits per heavy atom. The van der Waals surface area contributed by atoms with E-state index in [0.717, 1.165) is 25.8 Å². The summed E-state index contributed by atoms with van der Waals surface area (Å²) in [5.74, 6) is 0. The van der Waals surface area contributed by atoms with Crippen LogP contribution in [0.15, 0.2) is 24.4 Å². The monoisotopic (exact) mass is 179 g/mol. The van der Waals surface area contributed by atoms with Crippen LogP contribution < -0.4 is 0 Å². The summed E-state index contributed by atoms with van der Waals surface area (Å²) in [5, 5.41) is 9.55. The van der Waals surface area contributed by atoms with Crippen LogP contribution in [0.3, 0.4) is 0 Å². The minimum atomic E-state index is -0.247. The summed E-state index contributed by atoms with van der Waals surface area (Å²) in [6.07, 6.45) is 6.90. The average Bonchev–Trinajstić information content (AvgIpc) is 2.46. The maximum Gasteiger partial charge on any atom is 0.0741 e. The third kappa shape index (κ3) is 1.20. The van der Waals surface area contributed by atoms with Gasteiger partial charge in [0.25, 0.3) is 0 Å². The molecular formula is C11H17NO. The van der Waals surface area contributed by atoms with E-state index in [4.69, 9.17) is 0 Å². The lowest BCUT2D eigenvalue weighted by Gasteiger charge is -2.33. The van der Waals surface area contributed by atoms with Crippen LogP contribution in [-0.2, 0) is 0 Å². The number of allylic oxidation sites excluding steroid dienone is 1. The number of aliphatic hydroxyl groups is 1. The Balaban J connectivity index is 2.37. The van der Waals surface area contributed by atoms with Crippen molar-refractivity contribution in [3.05, 3.63) is 24.4 Å². The van der Waals surface area contributed by atoms with Crippen LogP contribution in [0, 0.1) is 5.41 Å². The largest absolute Gasteiger partial charge is 0.389 e. The van der Waals surface area contributed by atoms with Crippen molar-refractivity contribution >= 4 is 0 Å². The molecule has 2 atom stereocenters. The number of rotatable bonds is 1. The Labute approximate surface area is 79.6 Å². The molecule has 0 radical (unpaired) electrons. The maximum absolute atomic E-state index is 9.55. The van der Waals surface area contributed by atoms with Gasteiger partial charge in [-0.05, 0) is 25.3 Å². The van der Waals surface area contributed by atoms with Gasteiger partial charge in [-0.15, -0.1) is 6.58 Å². The molecule has 0 amide bonds. The van der Waals surface area contributed by atoms with Gasteiger partial charge in [-0.25, -0.2) is 0 Å². The van der Waals surface area contributed by atoms with Crippen LogP contribution in [0.4, 0.5) is 0 Å². The van der Waals surface area contributed by atoms with E-state index in [-0.39, 0.29) is 11.5 Å². The van der Waals surface area contributed by atoms with Gasteiger partial charge in [0, 0.05) is 24.7 Å². The first-order valence-electron chi connectivity index (χ1n) is 4.93. The van der Waals surface area contributed by atoms with Crippen molar-refractivity contribution in [2.75, 3.05) is 13.6 Å². The molecule has 1 N–H and O–H groups in total. The molecule has 0 aromatic rings.